The molecule has 0 aliphatic carbocycles. The minimum Gasteiger partial charge on any atom is -0.395 e. The van der Waals surface area contributed by atoms with Crippen LogP contribution in [0.5, 0.6) is 0 Å². The summed E-state index contributed by atoms with van der Waals surface area (Å²) in [5.41, 5.74) is 6.95. The Kier molecular flexibility index (Phi) is 4.32. The number of nitrogens with two attached hydrogens (primary N) is 1. The molecule has 5 N–H and O–H groups in total. The highest BCUT2D eigenvalue weighted by molar-refractivity contribution is 5.20. The lowest BCUT2D eigenvalue weighted by molar-refractivity contribution is 0.260. The Morgan fingerprint density at radius 3 is 2.87 bits per heavy atom. The Hall–Kier alpha value is -0.840. The van der Waals surface area contributed by atoms with E-state index in [1.165, 1.54) is 5.56 Å². The van der Waals surface area contributed by atoms with Crippen LogP contribution in [0, 0.1) is 0 Å². The first-order valence-corrected chi connectivity index (χ1v) is 5.26. The van der Waals surface area contributed by atoms with Gasteiger partial charge in [0.15, 0.2) is 0 Å². The van der Waals surface area contributed by atoms with Gasteiger partial charge in [0.05, 0.1) is 6.61 Å². The van der Waals surface area contributed by atoms with Crippen molar-refractivity contribution < 1.29 is 5.11 Å². The number of H-pyrrole nitrogens is 1. The lowest BCUT2D eigenvalue weighted by Gasteiger charge is -2.25. The van der Waals surface area contributed by atoms with E-state index in [-0.39, 0.29) is 18.1 Å². The van der Waals surface area contributed by atoms with Gasteiger partial charge in [0, 0.05) is 36.9 Å². The second-order valence-electron chi connectivity index (χ2n) is 4.56. The molecule has 15 heavy (non-hydrogen) atoms. The van der Waals surface area contributed by atoms with Crippen molar-refractivity contribution >= 4 is 0 Å². The Bertz CT molecular complexity index is 269. The third-order valence-corrected chi connectivity index (χ3v) is 2.59. The van der Waals surface area contributed by atoms with E-state index in [1.807, 2.05) is 12.4 Å². The summed E-state index contributed by atoms with van der Waals surface area (Å²) in [6.45, 7) is 5.86. The van der Waals surface area contributed by atoms with Crippen LogP contribution in [-0.2, 0) is 5.41 Å². The minimum absolute atomic E-state index is 0.0254. The highest BCUT2D eigenvalue weighted by Gasteiger charge is 2.20. The third kappa shape index (κ3) is 3.66. The number of aromatic nitrogens is 1. The molecule has 4 heteroatoms. The number of hydrogen-bond donors (Lipinski definition) is 4. The molecule has 1 rings (SSSR count). The first kappa shape index (κ1) is 12.2. The van der Waals surface area contributed by atoms with E-state index in [0.29, 0.717) is 6.54 Å². The van der Waals surface area contributed by atoms with Gasteiger partial charge in [0.2, 0.25) is 0 Å². The fourth-order valence-electron chi connectivity index (χ4n) is 1.48. The fourth-order valence-corrected chi connectivity index (χ4v) is 1.48. The van der Waals surface area contributed by atoms with Crippen LogP contribution in [0.4, 0.5) is 0 Å². The van der Waals surface area contributed by atoms with Crippen LogP contribution < -0.4 is 11.1 Å². The maximum atomic E-state index is 8.78. The summed E-state index contributed by atoms with van der Waals surface area (Å²) in [6, 6.07) is 1.90. The second-order valence-corrected chi connectivity index (χ2v) is 4.56. The minimum atomic E-state index is -0.174. The van der Waals surface area contributed by atoms with E-state index < -0.39 is 0 Å². The van der Waals surface area contributed by atoms with Crippen LogP contribution in [0.3, 0.4) is 0 Å². The van der Waals surface area contributed by atoms with Gasteiger partial charge in [-0.05, 0) is 11.6 Å². The number of aromatic amines is 1. The molecule has 1 unspecified atom stereocenters. The fraction of sp³-hybridized carbons (Fsp3) is 0.636. The molecule has 0 fully saturated rings. The molecular formula is C11H21N3O. The molecule has 0 bridgehead atoms. The topological polar surface area (TPSA) is 74.1 Å². The average Bonchev–Trinajstić information content (AvgIpc) is 2.70. The Morgan fingerprint density at radius 1 is 1.60 bits per heavy atom. The molecule has 0 aliphatic heterocycles. The first-order chi connectivity index (χ1) is 7.06. The highest BCUT2D eigenvalue weighted by atomic mass is 16.3. The Balaban J connectivity index is 2.37. The molecule has 1 heterocycles. The van der Waals surface area contributed by atoms with Gasteiger partial charge in [-0.3, -0.25) is 0 Å². The molecule has 0 aliphatic rings. The third-order valence-electron chi connectivity index (χ3n) is 2.59. The number of aliphatic hydroxyl groups excluding tert-OH is 1. The van der Waals surface area contributed by atoms with E-state index in [9.17, 15) is 0 Å². The van der Waals surface area contributed by atoms with Crippen molar-refractivity contribution in [2.24, 2.45) is 5.73 Å². The van der Waals surface area contributed by atoms with Gasteiger partial charge < -0.3 is 21.1 Å². The van der Waals surface area contributed by atoms with Gasteiger partial charge in [0.25, 0.3) is 0 Å². The van der Waals surface area contributed by atoms with E-state index in [0.717, 1.165) is 6.54 Å². The largest absolute Gasteiger partial charge is 0.395 e. The lowest BCUT2D eigenvalue weighted by atomic mass is 9.86. The van der Waals surface area contributed by atoms with E-state index in [1.54, 1.807) is 0 Å². The quantitative estimate of drug-likeness (QED) is 0.543. The number of hydrogen-bond acceptors (Lipinski definition) is 3. The van der Waals surface area contributed by atoms with Crippen molar-refractivity contribution in [2.45, 2.75) is 25.3 Å². The number of aliphatic hydroxyl groups is 1. The number of nitrogens with one attached hydrogen (secondary N) is 2. The molecule has 4 nitrogen and oxygen atoms in total. The van der Waals surface area contributed by atoms with E-state index >= 15 is 0 Å². The summed E-state index contributed by atoms with van der Waals surface area (Å²) in [6.07, 6.45) is 3.93. The summed E-state index contributed by atoms with van der Waals surface area (Å²) in [4.78, 5) is 3.05. The molecule has 1 aromatic rings. The van der Waals surface area contributed by atoms with Crippen molar-refractivity contribution in [1.29, 1.82) is 0 Å². The van der Waals surface area contributed by atoms with Crippen LogP contribution in [0.25, 0.3) is 0 Å². The average molecular weight is 211 g/mol. The summed E-state index contributed by atoms with van der Waals surface area (Å²) >= 11 is 0. The maximum Gasteiger partial charge on any atom is 0.0594 e. The van der Waals surface area contributed by atoms with Crippen molar-refractivity contribution in [3.63, 3.8) is 0 Å². The summed E-state index contributed by atoms with van der Waals surface area (Å²) in [5, 5.41) is 12.0. The second kappa shape index (κ2) is 5.30. The normalized spacial score (nSPS) is 14.1. The van der Waals surface area contributed by atoms with Gasteiger partial charge in [-0.2, -0.15) is 0 Å². The number of rotatable bonds is 6. The molecule has 86 valence electrons. The standard InChI is InChI=1S/C11H21N3O/c1-11(2,9-3-4-13-5-9)8-14-6-10(12)7-15/h3-5,10,13-15H,6-8,12H2,1-2H3. The predicted octanol–water partition coefficient (Wildman–Crippen LogP) is 0.202. The van der Waals surface area contributed by atoms with Gasteiger partial charge in [-0.1, -0.05) is 13.8 Å². The van der Waals surface area contributed by atoms with Gasteiger partial charge in [0.1, 0.15) is 0 Å². The van der Waals surface area contributed by atoms with Crippen LogP contribution in [0.1, 0.15) is 19.4 Å². The van der Waals surface area contributed by atoms with Crippen LogP contribution in [0.15, 0.2) is 18.5 Å². The lowest BCUT2D eigenvalue weighted by Crippen LogP contribution is -2.41. The van der Waals surface area contributed by atoms with E-state index in [2.05, 4.69) is 30.2 Å². The van der Waals surface area contributed by atoms with E-state index in [4.69, 9.17) is 10.8 Å². The molecule has 0 aromatic carbocycles. The molecular weight excluding hydrogens is 190 g/mol. The van der Waals surface area contributed by atoms with Gasteiger partial charge in [-0.15, -0.1) is 0 Å². The first-order valence-electron chi connectivity index (χ1n) is 5.26. The molecule has 0 radical (unpaired) electrons. The van der Waals surface area contributed by atoms with Gasteiger partial charge >= 0.3 is 0 Å². The smallest absolute Gasteiger partial charge is 0.0594 e. The molecule has 1 atom stereocenters. The van der Waals surface area contributed by atoms with Crippen molar-refractivity contribution in [2.75, 3.05) is 19.7 Å². The predicted molar refractivity (Wildman–Crippen MR) is 61.7 cm³/mol. The van der Waals surface area contributed by atoms with Crippen molar-refractivity contribution in [3.05, 3.63) is 24.0 Å². The summed E-state index contributed by atoms with van der Waals surface area (Å²) < 4.78 is 0. The van der Waals surface area contributed by atoms with Crippen LogP contribution in [0.2, 0.25) is 0 Å². The molecule has 0 spiro atoms. The van der Waals surface area contributed by atoms with Crippen molar-refractivity contribution in [3.8, 4) is 0 Å². The molecule has 0 saturated heterocycles. The zero-order chi connectivity index (χ0) is 11.3. The maximum absolute atomic E-state index is 8.78. The zero-order valence-electron chi connectivity index (χ0n) is 9.46. The van der Waals surface area contributed by atoms with Crippen LogP contribution in [-0.4, -0.2) is 35.8 Å². The monoisotopic (exact) mass is 211 g/mol. The van der Waals surface area contributed by atoms with Gasteiger partial charge in [-0.25, -0.2) is 0 Å². The van der Waals surface area contributed by atoms with Crippen molar-refractivity contribution in [1.82, 2.24) is 10.3 Å². The Morgan fingerprint density at radius 2 is 2.33 bits per heavy atom. The highest BCUT2D eigenvalue weighted by Crippen LogP contribution is 2.21. The Labute approximate surface area is 90.9 Å². The summed E-state index contributed by atoms with van der Waals surface area (Å²) in [7, 11) is 0. The van der Waals surface area contributed by atoms with Crippen LogP contribution >= 0.6 is 0 Å². The molecule has 0 saturated carbocycles. The zero-order valence-corrected chi connectivity index (χ0v) is 9.46. The summed E-state index contributed by atoms with van der Waals surface area (Å²) in [5.74, 6) is 0. The molecule has 1 aromatic heterocycles. The molecule has 0 amide bonds. The SMILES string of the molecule is CC(C)(CNCC(N)CO)c1cc[nH]c1.